The highest BCUT2D eigenvalue weighted by molar-refractivity contribution is 5.99. The van der Waals surface area contributed by atoms with Crippen molar-refractivity contribution in [3.05, 3.63) is 63.5 Å². The number of fused-ring (bicyclic) bond motifs is 2. The summed E-state index contributed by atoms with van der Waals surface area (Å²) in [4.78, 5) is 28.8. The molecule has 5 rings (SSSR count). The second-order valence-corrected chi connectivity index (χ2v) is 8.12. The van der Waals surface area contributed by atoms with Crippen molar-refractivity contribution in [1.82, 2.24) is 4.90 Å². The molecule has 3 aromatic rings. The Balaban J connectivity index is 1.73. The third-order valence-corrected chi connectivity index (χ3v) is 6.30. The van der Waals surface area contributed by atoms with E-state index in [4.69, 9.17) is 23.4 Å². The fourth-order valence-corrected chi connectivity index (χ4v) is 4.77. The molecule has 2 aliphatic rings. The van der Waals surface area contributed by atoms with Crippen LogP contribution < -0.4 is 19.6 Å². The molecule has 172 valence electrons. The van der Waals surface area contributed by atoms with Crippen LogP contribution in [0, 0.1) is 0 Å². The van der Waals surface area contributed by atoms with Crippen LogP contribution in [0.4, 0.5) is 0 Å². The van der Waals surface area contributed by atoms with E-state index in [0.29, 0.717) is 52.5 Å². The Labute approximate surface area is 190 Å². The molecule has 2 aromatic carbocycles. The van der Waals surface area contributed by atoms with E-state index in [-0.39, 0.29) is 23.2 Å². The molecule has 0 aliphatic carbocycles. The number of hydrogen-bond donors (Lipinski definition) is 0. The fraction of sp³-hybridized carbons (Fsp3) is 0.360. The first-order valence-electron chi connectivity index (χ1n) is 10.9. The molecular weight excluding hydrogens is 426 g/mol. The zero-order valence-corrected chi connectivity index (χ0v) is 18.8. The minimum atomic E-state index is -0.675. The summed E-state index contributed by atoms with van der Waals surface area (Å²) in [6.45, 7) is 1.01. The van der Waals surface area contributed by atoms with Crippen molar-refractivity contribution in [2.45, 2.75) is 25.0 Å². The Morgan fingerprint density at radius 2 is 1.76 bits per heavy atom. The molecule has 0 radical (unpaired) electrons. The van der Waals surface area contributed by atoms with Crippen molar-refractivity contribution < 1.29 is 28.2 Å². The number of carbonyl (C=O) groups is 1. The number of hydrogen-bond acceptors (Lipinski definition) is 7. The van der Waals surface area contributed by atoms with E-state index in [0.717, 1.165) is 12.8 Å². The van der Waals surface area contributed by atoms with Crippen molar-refractivity contribution in [2.75, 3.05) is 34.5 Å². The third kappa shape index (κ3) is 3.41. The van der Waals surface area contributed by atoms with Crippen LogP contribution in [0.25, 0.3) is 11.0 Å². The van der Waals surface area contributed by atoms with Crippen molar-refractivity contribution >= 4 is 16.9 Å². The first-order valence-corrected chi connectivity index (χ1v) is 10.9. The predicted molar refractivity (Wildman–Crippen MR) is 120 cm³/mol. The lowest BCUT2D eigenvalue weighted by Gasteiger charge is -2.28. The molecule has 1 amide bonds. The summed E-state index contributed by atoms with van der Waals surface area (Å²) in [5.41, 5.74) is 1.13. The second-order valence-electron chi connectivity index (χ2n) is 8.12. The second kappa shape index (κ2) is 8.44. The van der Waals surface area contributed by atoms with Gasteiger partial charge in [-0.1, -0.05) is 12.1 Å². The molecule has 8 nitrogen and oxygen atoms in total. The number of methoxy groups -OCH3 is 3. The van der Waals surface area contributed by atoms with Gasteiger partial charge in [-0.2, -0.15) is 0 Å². The SMILES string of the molecule is COc1cc(C2c3c(oc4ccccc4c3=O)C(=O)N2CC2CCCO2)cc(OC)c1OC. The molecule has 1 aromatic heterocycles. The molecule has 1 saturated heterocycles. The smallest absolute Gasteiger partial charge is 0.291 e. The van der Waals surface area contributed by atoms with Gasteiger partial charge in [-0.05, 0) is 42.7 Å². The summed E-state index contributed by atoms with van der Waals surface area (Å²) >= 11 is 0. The number of para-hydroxylation sites is 1. The lowest BCUT2D eigenvalue weighted by Crippen LogP contribution is -2.36. The van der Waals surface area contributed by atoms with Gasteiger partial charge in [0.25, 0.3) is 5.91 Å². The Bertz CT molecular complexity index is 1250. The highest BCUT2D eigenvalue weighted by Gasteiger charge is 2.44. The molecule has 0 bridgehead atoms. The number of amides is 1. The molecular formula is C25H25NO7. The highest BCUT2D eigenvalue weighted by Crippen LogP contribution is 2.45. The number of benzene rings is 2. The quantitative estimate of drug-likeness (QED) is 0.566. The van der Waals surface area contributed by atoms with E-state index in [1.165, 1.54) is 21.3 Å². The molecule has 0 saturated carbocycles. The van der Waals surface area contributed by atoms with Crippen molar-refractivity contribution in [3.8, 4) is 17.2 Å². The van der Waals surface area contributed by atoms with Gasteiger partial charge < -0.3 is 28.3 Å². The van der Waals surface area contributed by atoms with E-state index in [1.54, 1.807) is 41.3 Å². The fourth-order valence-electron chi connectivity index (χ4n) is 4.77. The van der Waals surface area contributed by atoms with Gasteiger partial charge >= 0.3 is 0 Å². The minimum Gasteiger partial charge on any atom is -0.493 e. The van der Waals surface area contributed by atoms with Crippen LogP contribution in [0.1, 0.15) is 40.6 Å². The third-order valence-electron chi connectivity index (χ3n) is 6.30. The maximum atomic E-state index is 13.6. The highest BCUT2D eigenvalue weighted by atomic mass is 16.5. The topological polar surface area (TPSA) is 87.4 Å². The Kier molecular flexibility index (Phi) is 5.46. The van der Waals surface area contributed by atoms with Crippen LogP contribution in [0.5, 0.6) is 17.2 Å². The summed E-state index contributed by atoms with van der Waals surface area (Å²) in [5.74, 6) is 1.05. The van der Waals surface area contributed by atoms with Crippen molar-refractivity contribution in [1.29, 1.82) is 0 Å². The van der Waals surface area contributed by atoms with Gasteiger partial charge in [0.15, 0.2) is 16.9 Å². The van der Waals surface area contributed by atoms with E-state index in [1.807, 2.05) is 0 Å². The van der Waals surface area contributed by atoms with Crippen LogP contribution in [0.3, 0.4) is 0 Å². The van der Waals surface area contributed by atoms with Gasteiger partial charge in [-0.3, -0.25) is 9.59 Å². The average Bonchev–Trinajstić information content (AvgIpc) is 3.45. The molecule has 2 atom stereocenters. The summed E-state index contributed by atoms with van der Waals surface area (Å²) in [6.07, 6.45) is 1.69. The number of rotatable bonds is 6. The minimum absolute atomic E-state index is 0.0652. The average molecular weight is 451 g/mol. The first-order chi connectivity index (χ1) is 16.1. The molecule has 2 unspecified atom stereocenters. The summed E-state index contributed by atoms with van der Waals surface area (Å²) < 4.78 is 28.3. The zero-order valence-electron chi connectivity index (χ0n) is 18.8. The summed E-state index contributed by atoms with van der Waals surface area (Å²) in [6, 6.07) is 9.82. The summed E-state index contributed by atoms with van der Waals surface area (Å²) in [5, 5.41) is 0.431. The molecule has 33 heavy (non-hydrogen) atoms. The molecule has 8 heteroatoms. The summed E-state index contributed by atoms with van der Waals surface area (Å²) in [7, 11) is 4.58. The van der Waals surface area contributed by atoms with Gasteiger partial charge in [-0.25, -0.2) is 0 Å². The van der Waals surface area contributed by atoms with E-state index < -0.39 is 6.04 Å². The van der Waals surface area contributed by atoms with Crippen LogP contribution in [0.2, 0.25) is 0 Å². The van der Waals surface area contributed by atoms with Gasteiger partial charge in [0.05, 0.1) is 44.4 Å². The lowest BCUT2D eigenvalue weighted by molar-refractivity contribution is 0.0486. The Morgan fingerprint density at radius 1 is 1.03 bits per heavy atom. The first kappa shape index (κ1) is 21.3. The van der Waals surface area contributed by atoms with Crippen LogP contribution in [-0.2, 0) is 4.74 Å². The molecule has 3 heterocycles. The van der Waals surface area contributed by atoms with Gasteiger partial charge in [0.2, 0.25) is 11.5 Å². The Hall–Kier alpha value is -3.52. The molecule has 1 fully saturated rings. The number of ether oxygens (including phenoxy) is 4. The predicted octanol–water partition coefficient (Wildman–Crippen LogP) is 3.54. The normalized spacial score (nSPS) is 19.7. The number of carbonyl (C=O) groups excluding carboxylic acids is 1. The number of nitrogens with zero attached hydrogens (tertiary/aromatic N) is 1. The van der Waals surface area contributed by atoms with Crippen LogP contribution >= 0.6 is 0 Å². The molecule has 2 aliphatic heterocycles. The van der Waals surface area contributed by atoms with Gasteiger partial charge in [0.1, 0.15) is 5.58 Å². The van der Waals surface area contributed by atoms with Crippen molar-refractivity contribution in [3.63, 3.8) is 0 Å². The van der Waals surface area contributed by atoms with E-state index >= 15 is 0 Å². The maximum Gasteiger partial charge on any atom is 0.291 e. The zero-order chi connectivity index (χ0) is 23.1. The van der Waals surface area contributed by atoms with Gasteiger partial charge in [0, 0.05) is 13.2 Å². The van der Waals surface area contributed by atoms with Crippen LogP contribution in [-0.4, -0.2) is 51.4 Å². The molecule has 0 spiro atoms. The monoisotopic (exact) mass is 451 g/mol. The van der Waals surface area contributed by atoms with Gasteiger partial charge in [-0.15, -0.1) is 0 Å². The standard InChI is InChI=1S/C25H25NO7/c1-29-18-11-14(12-19(30-2)23(18)31-3)21-20-22(27)16-8-4-5-9-17(16)33-24(20)25(28)26(21)13-15-7-6-10-32-15/h4-5,8-9,11-12,15,21H,6-7,10,13H2,1-3H3. The largest absolute Gasteiger partial charge is 0.493 e. The van der Waals surface area contributed by atoms with Crippen molar-refractivity contribution in [2.24, 2.45) is 0 Å². The van der Waals surface area contributed by atoms with E-state index in [9.17, 15) is 9.59 Å². The molecule has 0 N–H and O–H groups in total. The maximum absolute atomic E-state index is 13.6. The Morgan fingerprint density at radius 3 is 2.39 bits per heavy atom. The lowest BCUT2D eigenvalue weighted by atomic mass is 9.97. The van der Waals surface area contributed by atoms with Crippen LogP contribution in [0.15, 0.2) is 45.6 Å². The van der Waals surface area contributed by atoms with E-state index in [2.05, 4.69) is 0 Å².